The van der Waals surface area contributed by atoms with E-state index in [4.69, 9.17) is 28.4 Å². The minimum Gasteiger partial charge on any atom is -0.494 e. The number of esters is 4. The van der Waals surface area contributed by atoms with Crippen LogP contribution in [0.3, 0.4) is 0 Å². The van der Waals surface area contributed by atoms with Gasteiger partial charge in [-0.3, -0.25) is 0 Å². The molecule has 0 atom stereocenters. The van der Waals surface area contributed by atoms with E-state index in [1.54, 1.807) is 121 Å². The van der Waals surface area contributed by atoms with Gasteiger partial charge in [0, 0.05) is 0 Å². The van der Waals surface area contributed by atoms with Crippen molar-refractivity contribution in [2.45, 2.75) is 168 Å². The predicted octanol–water partition coefficient (Wildman–Crippen LogP) is 20.1. The van der Waals surface area contributed by atoms with Gasteiger partial charge in [0.05, 0.1) is 35.5 Å². The molecule has 7 aromatic carbocycles. The van der Waals surface area contributed by atoms with E-state index in [1.807, 2.05) is 42.5 Å². The first kappa shape index (κ1) is 63.6. The Balaban J connectivity index is 0.773. The van der Waals surface area contributed by atoms with Crippen LogP contribution in [0.5, 0.6) is 34.5 Å². The van der Waals surface area contributed by atoms with Crippen molar-refractivity contribution in [2.24, 2.45) is 0 Å². The topological polar surface area (TPSA) is 124 Å². The molecule has 10 heteroatoms. The largest absolute Gasteiger partial charge is 0.494 e. The summed E-state index contributed by atoms with van der Waals surface area (Å²) in [4.78, 5) is 52.0. The molecule has 0 unspecified atom stereocenters. The fraction of sp³-hybridized carbons (Fsp3) is 0.378. The van der Waals surface area contributed by atoms with Gasteiger partial charge in [0.2, 0.25) is 0 Å². The second kappa shape index (κ2) is 36.6. The maximum absolute atomic E-state index is 13.1. The molecule has 84 heavy (non-hydrogen) atoms. The first-order valence-corrected chi connectivity index (χ1v) is 31.1. The molecule has 0 aliphatic heterocycles. The van der Waals surface area contributed by atoms with Crippen LogP contribution < -0.4 is 28.4 Å². The summed E-state index contributed by atoms with van der Waals surface area (Å²) < 4.78 is 34.3. The zero-order chi connectivity index (χ0) is 58.8. The van der Waals surface area contributed by atoms with Gasteiger partial charge in [0.1, 0.15) is 34.5 Å². The van der Waals surface area contributed by atoms with Gasteiger partial charge in [-0.15, -0.1) is 0 Å². The van der Waals surface area contributed by atoms with E-state index < -0.39 is 23.9 Å². The summed E-state index contributed by atoms with van der Waals surface area (Å²) in [5.74, 6) is 0.697. The van der Waals surface area contributed by atoms with Gasteiger partial charge in [-0.25, -0.2) is 19.2 Å². The number of carbonyl (C=O) groups excluding carboxylic acids is 4. The minimum atomic E-state index is -0.546. The van der Waals surface area contributed by atoms with Gasteiger partial charge in [0.15, 0.2) is 0 Å². The van der Waals surface area contributed by atoms with Crippen LogP contribution in [0, 0.1) is 0 Å². The average Bonchev–Trinajstić information content (AvgIpc) is 3.67. The lowest BCUT2D eigenvalue weighted by Gasteiger charge is -2.10. The number of hydrogen-bond acceptors (Lipinski definition) is 10. The Labute approximate surface area is 499 Å². The van der Waals surface area contributed by atoms with E-state index in [9.17, 15) is 19.2 Å². The van der Waals surface area contributed by atoms with Crippen molar-refractivity contribution in [1.29, 1.82) is 0 Å². The Hall–Kier alpha value is -7.98. The summed E-state index contributed by atoms with van der Waals surface area (Å²) in [6, 6.07) is 48.9. The van der Waals surface area contributed by atoms with E-state index in [2.05, 4.69) is 19.9 Å². The molecule has 0 spiro atoms. The van der Waals surface area contributed by atoms with E-state index in [1.165, 1.54) is 128 Å². The highest BCUT2D eigenvalue weighted by Gasteiger charge is 2.15. The normalized spacial score (nSPS) is 11.0. The smallest absolute Gasteiger partial charge is 0.343 e. The summed E-state index contributed by atoms with van der Waals surface area (Å²) in [5, 5.41) is 0. The highest BCUT2D eigenvalue weighted by molar-refractivity contribution is 5.94. The van der Waals surface area contributed by atoms with Crippen LogP contribution in [0.15, 0.2) is 170 Å². The Bertz CT molecular complexity index is 2820. The van der Waals surface area contributed by atoms with E-state index in [0.717, 1.165) is 59.4 Å². The van der Waals surface area contributed by atoms with Crippen molar-refractivity contribution in [3.05, 3.63) is 192 Å². The Morgan fingerprint density at radius 1 is 0.250 bits per heavy atom. The maximum Gasteiger partial charge on any atom is 0.343 e. The zero-order valence-electron chi connectivity index (χ0n) is 49.6. The van der Waals surface area contributed by atoms with Gasteiger partial charge in [-0.2, -0.15) is 0 Å². The highest BCUT2D eigenvalue weighted by Crippen LogP contribution is 2.30. The summed E-state index contributed by atoms with van der Waals surface area (Å²) >= 11 is 0. The third kappa shape index (κ3) is 22.6. The SMILES string of the molecule is CCCCCCCCCCCCCCOc1ccc(C(=O)Oc2ccc(C(=O)Oc3ccc(-c4cccc(-c5ccc(OC(=O)c6ccc(OC(=O)c7ccc(OCCCCCCCCCCCCCC)cc7)cc6)cc5)c4)cc3)cc2)cc1. The van der Waals surface area contributed by atoms with Crippen molar-refractivity contribution < 1.29 is 47.6 Å². The molecule has 0 saturated heterocycles. The highest BCUT2D eigenvalue weighted by atomic mass is 16.5. The quantitative estimate of drug-likeness (QED) is 0.0210. The molecule has 0 amide bonds. The van der Waals surface area contributed by atoms with Crippen LogP contribution in [0.25, 0.3) is 22.3 Å². The number of carbonyl (C=O) groups is 4. The second-order valence-electron chi connectivity index (χ2n) is 21.8. The third-order valence-corrected chi connectivity index (χ3v) is 15.0. The maximum atomic E-state index is 13.1. The zero-order valence-corrected chi connectivity index (χ0v) is 49.6. The molecule has 0 fully saturated rings. The number of benzene rings is 7. The Morgan fingerprint density at radius 2 is 0.476 bits per heavy atom. The minimum absolute atomic E-state index is 0.305. The molecular formula is C74H86O10. The molecule has 0 saturated carbocycles. The van der Waals surface area contributed by atoms with Crippen molar-refractivity contribution >= 4 is 23.9 Å². The molecule has 10 nitrogen and oxygen atoms in total. The molecule has 0 bridgehead atoms. The number of ether oxygens (including phenoxy) is 6. The standard InChI is InChI=1S/C74H86O10/c1-3-5-7-9-11-13-15-17-19-21-23-25-54-79-65-42-34-59(35-43-65)71(75)83-69-50-38-61(39-51-69)73(77)81-67-46-30-57(31-47-67)63-28-27-29-64(56-63)58-32-48-68(49-33-58)82-74(78)62-40-52-70(53-41-62)84-72(76)60-36-44-66(45-37-60)80-55-26-24-22-20-18-16-14-12-10-8-6-4-2/h27-53,56H,3-26,54-55H2,1-2H3. The van der Waals surface area contributed by atoms with Gasteiger partial charge in [-0.1, -0.05) is 198 Å². The van der Waals surface area contributed by atoms with Gasteiger partial charge in [-0.05, 0) is 162 Å². The van der Waals surface area contributed by atoms with E-state index >= 15 is 0 Å². The van der Waals surface area contributed by atoms with Crippen LogP contribution >= 0.6 is 0 Å². The molecule has 0 aliphatic rings. The van der Waals surface area contributed by atoms with Crippen LogP contribution in [0.4, 0.5) is 0 Å². The fourth-order valence-corrected chi connectivity index (χ4v) is 9.93. The van der Waals surface area contributed by atoms with Gasteiger partial charge < -0.3 is 28.4 Å². The molecule has 0 N–H and O–H groups in total. The Kier molecular flexibility index (Phi) is 27.7. The molecule has 0 radical (unpaired) electrons. The number of rotatable bonds is 38. The van der Waals surface area contributed by atoms with Crippen molar-refractivity contribution in [3.63, 3.8) is 0 Å². The summed E-state index contributed by atoms with van der Waals surface area (Å²) in [6.45, 7) is 5.82. The molecular weight excluding hydrogens is 1050 g/mol. The monoisotopic (exact) mass is 1130 g/mol. The third-order valence-electron chi connectivity index (χ3n) is 15.0. The van der Waals surface area contributed by atoms with Crippen LogP contribution in [0.2, 0.25) is 0 Å². The van der Waals surface area contributed by atoms with Crippen LogP contribution in [-0.2, 0) is 0 Å². The average molecular weight is 1140 g/mol. The summed E-state index contributed by atoms with van der Waals surface area (Å²) in [5.41, 5.74) is 5.16. The van der Waals surface area contributed by atoms with Crippen molar-refractivity contribution in [3.8, 4) is 56.8 Å². The molecule has 0 aromatic heterocycles. The van der Waals surface area contributed by atoms with Crippen LogP contribution in [-0.4, -0.2) is 37.1 Å². The first-order chi connectivity index (χ1) is 41.2. The van der Waals surface area contributed by atoms with Crippen LogP contribution in [0.1, 0.15) is 209 Å². The van der Waals surface area contributed by atoms with E-state index in [0.29, 0.717) is 58.5 Å². The lowest BCUT2D eigenvalue weighted by Crippen LogP contribution is -2.10. The predicted molar refractivity (Wildman–Crippen MR) is 336 cm³/mol. The number of hydrogen-bond donors (Lipinski definition) is 0. The molecule has 0 heterocycles. The second-order valence-corrected chi connectivity index (χ2v) is 21.8. The molecule has 7 aromatic rings. The van der Waals surface area contributed by atoms with Gasteiger partial charge >= 0.3 is 23.9 Å². The molecule has 0 aliphatic carbocycles. The van der Waals surface area contributed by atoms with E-state index in [-0.39, 0.29) is 0 Å². The summed E-state index contributed by atoms with van der Waals surface area (Å²) in [7, 11) is 0. The van der Waals surface area contributed by atoms with Crippen molar-refractivity contribution in [1.82, 2.24) is 0 Å². The lowest BCUT2D eigenvalue weighted by atomic mass is 9.99. The molecule has 442 valence electrons. The Morgan fingerprint density at radius 3 is 0.738 bits per heavy atom. The lowest BCUT2D eigenvalue weighted by molar-refractivity contribution is 0.0720. The summed E-state index contributed by atoms with van der Waals surface area (Å²) in [6.07, 6.45) is 31.0. The number of unbranched alkanes of at least 4 members (excludes halogenated alkanes) is 22. The van der Waals surface area contributed by atoms with Gasteiger partial charge in [0.25, 0.3) is 0 Å². The first-order valence-electron chi connectivity index (χ1n) is 31.1. The molecule has 7 rings (SSSR count). The fourth-order valence-electron chi connectivity index (χ4n) is 9.93. The van der Waals surface area contributed by atoms with Crippen molar-refractivity contribution in [2.75, 3.05) is 13.2 Å².